The zero-order valence-electron chi connectivity index (χ0n) is 11.7. The van der Waals surface area contributed by atoms with Gasteiger partial charge in [0.05, 0.1) is 4.88 Å². The number of carbonyl (C=O) groups is 1. The lowest BCUT2D eigenvalue weighted by molar-refractivity contribution is 0.103. The molecule has 0 saturated heterocycles. The Balaban J connectivity index is 1.48. The first kappa shape index (κ1) is 13.4. The summed E-state index contributed by atoms with van der Waals surface area (Å²) in [7, 11) is 0. The summed E-state index contributed by atoms with van der Waals surface area (Å²) < 4.78 is 0. The highest BCUT2D eigenvalue weighted by atomic mass is 32.1. The van der Waals surface area contributed by atoms with Crippen LogP contribution in [0.5, 0.6) is 0 Å². The predicted molar refractivity (Wildman–Crippen MR) is 85.4 cm³/mol. The van der Waals surface area contributed by atoms with E-state index in [0.29, 0.717) is 11.0 Å². The second-order valence-electron chi connectivity index (χ2n) is 5.79. The summed E-state index contributed by atoms with van der Waals surface area (Å²) >= 11 is 3.16. The molecule has 1 fully saturated rings. The molecule has 2 heterocycles. The Hall–Kier alpha value is -1.27. The summed E-state index contributed by atoms with van der Waals surface area (Å²) in [6, 6.07) is 2.07. The zero-order valence-corrected chi connectivity index (χ0v) is 13.4. The number of aryl methyl sites for hydroxylation is 2. The molecule has 0 spiro atoms. The van der Waals surface area contributed by atoms with Crippen LogP contribution in [0.1, 0.15) is 63.1 Å². The fraction of sp³-hybridized carbons (Fsp3) is 0.533. The Kier molecular flexibility index (Phi) is 3.51. The number of thiophene rings is 1. The number of carbonyl (C=O) groups excluding carboxylic acids is 1. The van der Waals surface area contributed by atoms with Crippen molar-refractivity contribution in [2.75, 3.05) is 5.32 Å². The van der Waals surface area contributed by atoms with Gasteiger partial charge in [-0.3, -0.25) is 10.1 Å². The number of rotatable bonds is 3. The van der Waals surface area contributed by atoms with E-state index in [9.17, 15) is 4.79 Å². The van der Waals surface area contributed by atoms with E-state index in [-0.39, 0.29) is 5.91 Å². The fourth-order valence-corrected chi connectivity index (χ4v) is 4.77. The quantitative estimate of drug-likeness (QED) is 0.870. The number of nitrogens with zero attached hydrogens (tertiary/aromatic N) is 2. The molecule has 0 atom stereocenters. The van der Waals surface area contributed by atoms with Crippen molar-refractivity contribution in [1.82, 2.24) is 10.2 Å². The molecule has 0 unspecified atom stereocenters. The average molecular weight is 319 g/mol. The molecule has 6 heteroatoms. The smallest absolute Gasteiger partial charge is 0.267 e. The molecule has 2 aromatic heterocycles. The average Bonchev–Trinajstić information content (AvgIpc) is 3.17. The number of nitrogens with one attached hydrogen (secondary N) is 1. The minimum Gasteiger partial charge on any atom is -0.296 e. The molecule has 21 heavy (non-hydrogen) atoms. The van der Waals surface area contributed by atoms with Gasteiger partial charge in [-0.25, -0.2) is 0 Å². The topological polar surface area (TPSA) is 54.9 Å². The van der Waals surface area contributed by atoms with Crippen LogP contribution in [0.4, 0.5) is 5.13 Å². The lowest BCUT2D eigenvalue weighted by Gasteiger charge is -1.97. The first-order valence-corrected chi connectivity index (χ1v) is 9.19. The van der Waals surface area contributed by atoms with Crippen LogP contribution in [0.25, 0.3) is 0 Å². The number of hydrogen-bond donors (Lipinski definition) is 1. The van der Waals surface area contributed by atoms with Crippen LogP contribution in [0.2, 0.25) is 0 Å². The van der Waals surface area contributed by atoms with Crippen molar-refractivity contribution >= 4 is 33.7 Å². The van der Waals surface area contributed by atoms with E-state index in [1.165, 1.54) is 53.9 Å². The molecule has 2 aliphatic carbocycles. The Labute approximate surface area is 131 Å². The highest BCUT2D eigenvalue weighted by Gasteiger charge is 2.28. The van der Waals surface area contributed by atoms with E-state index in [1.807, 2.05) is 0 Å². The maximum atomic E-state index is 12.4. The van der Waals surface area contributed by atoms with Gasteiger partial charge in [-0.1, -0.05) is 17.8 Å². The summed E-state index contributed by atoms with van der Waals surface area (Å²) in [6.07, 6.45) is 8.45. The monoisotopic (exact) mass is 319 g/mol. The van der Waals surface area contributed by atoms with Crippen LogP contribution >= 0.6 is 22.7 Å². The third-order valence-electron chi connectivity index (χ3n) is 4.06. The van der Waals surface area contributed by atoms with Crippen LogP contribution < -0.4 is 5.32 Å². The van der Waals surface area contributed by atoms with Gasteiger partial charge in [-0.05, 0) is 50.2 Å². The number of anilines is 1. The molecular weight excluding hydrogens is 302 g/mol. The second-order valence-corrected chi connectivity index (χ2v) is 7.94. The van der Waals surface area contributed by atoms with E-state index in [0.717, 1.165) is 22.7 Å². The van der Waals surface area contributed by atoms with Crippen molar-refractivity contribution in [1.29, 1.82) is 0 Å². The van der Waals surface area contributed by atoms with Gasteiger partial charge in [-0.2, -0.15) is 0 Å². The highest BCUT2D eigenvalue weighted by molar-refractivity contribution is 7.16. The van der Waals surface area contributed by atoms with Gasteiger partial charge < -0.3 is 0 Å². The van der Waals surface area contributed by atoms with E-state index in [2.05, 4.69) is 21.6 Å². The van der Waals surface area contributed by atoms with Gasteiger partial charge in [0.25, 0.3) is 5.91 Å². The van der Waals surface area contributed by atoms with E-state index < -0.39 is 0 Å². The first-order valence-electron chi connectivity index (χ1n) is 7.56. The van der Waals surface area contributed by atoms with Gasteiger partial charge in [0.2, 0.25) is 5.13 Å². The summed E-state index contributed by atoms with van der Waals surface area (Å²) in [5, 5.41) is 12.8. The normalized spacial score (nSPS) is 18.1. The third kappa shape index (κ3) is 2.87. The van der Waals surface area contributed by atoms with Crippen molar-refractivity contribution in [2.45, 2.75) is 50.9 Å². The molecule has 0 aromatic carbocycles. The van der Waals surface area contributed by atoms with E-state index >= 15 is 0 Å². The van der Waals surface area contributed by atoms with Crippen LogP contribution in [-0.2, 0) is 12.8 Å². The lowest BCUT2D eigenvalue weighted by atomic mass is 10.1. The Morgan fingerprint density at radius 3 is 2.86 bits per heavy atom. The number of fused-ring (bicyclic) bond motifs is 1. The molecule has 0 aliphatic heterocycles. The van der Waals surface area contributed by atoms with Gasteiger partial charge in [0, 0.05) is 10.8 Å². The number of aromatic nitrogens is 2. The first-order chi connectivity index (χ1) is 10.3. The predicted octanol–water partition coefficient (Wildman–Crippen LogP) is 4.00. The minimum absolute atomic E-state index is 0.0356. The van der Waals surface area contributed by atoms with Crippen LogP contribution in [0.15, 0.2) is 6.07 Å². The molecule has 110 valence electrons. The summed E-state index contributed by atoms with van der Waals surface area (Å²) in [5.74, 6) is 0.553. The van der Waals surface area contributed by atoms with Crippen molar-refractivity contribution in [3.63, 3.8) is 0 Å². The maximum Gasteiger partial charge on any atom is 0.267 e. The molecule has 2 aliphatic rings. The third-order valence-corrected chi connectivity index (χ3v) is 6.30. The van der Waals surface area contributed by atoms with E-state index in [1.54, 1.807) is 11.3 Å². The molecule has 0 radical (unpaired) electrons. The largest absolute Gasteiger partial charge is 0.296 e. The zero-order chi connectivity index (χ0) is 14.2. The Morgan fingerprint density at radius 1 is 1.14 bits per heavy atom. The SMILES string of the molecule is O=C(Nc1nnc(C2CC2)s1)c1cc2c(s1)CCCCC2. The molecule has 1 amide bonds. The molecule has 4 nitrogen and oxygen atoms in total. The molecule has 4 rings (SSSR count). The van der Waals surface area contributed by atoms with Crippen molar-refractivity contribution in [2.24, 2.45) is 0 Å². The summed E-state index contributed by atoms with van der Waals surface area (Å²) in [4.78, 5) is 14.6. The second kappa shape index (κ2) is 5.50. The molecule has 2 aromatic rings. The Bertz CT molecular complexity index is 649. The van der Waals surface area contributed by atoms with E-state index in [4.69, 9.17) is 0 Å². The van der Waals surface area contributed by atoms with Gasteiger partial charge in [0.15, 0.2) is 0 Å². The summed E-state index contributed by atoms with van der Waals surface area (Å²) in [5.41, 5.74) is 1.37. The molecule has 0 bridgehead atoms. The van der Waals surface area contributed by atoms with Crippen molar-refractivity contribution in [3.8, 4) is 0 Å². The molecular formula is C15H17N3OS2. The fourth-order valence-electron chi connectivity index (χ4n) is 2.72. The molecule has 1 saturated carbocycles. The molecule has 1 N–H and O–H groups in total. The lowest BCUT2D eigenvalue weighted by Crippen LogP contribution is -2.09. The van der Waals surface area contributed by atoms with Gasteiger partial charge in [-0.15, -0.1) is 21.5 Å². The van der Waals surface area contributed by atoms with Crippen LogP contribution in [-0.4, -0.2) is 16.1 Å². The van der Waals surface area contributed by atoms with Gasteiger partial charge >= 0.3 is 0 Å². The minimum atomic E-state index is -0.0356. The Morgan fingerprint density at radius 2 is 2.00 bits per heavy atom. The van der Waals surface area contributed by atoms with Crippen molar-refractivity contribution < 1.29 is 4.79 Å². The highest BCUT2D eigenvalue weighted by Crippen LogP contribution is 2.42. The van der Waals surface area contributed by atoms with Crippen LogP contribution in [0, 0.1) is 0 Å². The maximum absolute atomic E-state index is 12.4. The number of hydrogen-bond acceptors (Lipinski definition) is 5. The van der Waals surface area contributed by atoms with Gasteiger partial charge in [0.1, 0.15) is 5.01 Å². The van der Waals surface area contributed by atoms with Crippen molar-refractivity contribution in [3.05, 3.63) is 26.4 Å². The number of amides is 1. The standard InChI is InChI=1S/C15H17N3OS2/c19-13(16-15-18-17-14(21-15)9-6-7-9)12-8-10-4-2-1-3-5-11(10)20-12/h8-9H,1-7H2,(H,16,18,19). The van der Waals surface area contributed by atoms with Crippen LogP contribution in [0.3, 0.4) is 0 Å². The summed E-state index contributed by atoms with van der Waals surface area (Å²) in [6.45, 7) is 0.